The zero-order chi connectivity index (χ0) is 9.90. The predicted octanol–water partition coefficient (Wildman–Crippen LogP) is -0.354. The van der Waals surface area contributed by atoms with E-state index in [9.17, 15) is 4.79 Å². The van der Waals surface area contributed by atoms with Crippen molar-refractivity contribution < 1.29 is 15.0 Å². The Morgan fingerprint density at radius 3 is 2.31 bits per heavy atom. The molecule has 76 valence electrons. The fraction of sp³-hybridized carbons (Fsp3) is 0.889. The summed E-state index contributed by atoms with van der Waals surface area (Å²) < 4.78 is 0. The van der Waals surface area contributed by atoms with E-state index in [2.05, 4.69) is 5.32 Å². The summed E-state index contributed by atoms with van der Waals surface area (Å²) in [6.45, 7) is 1.16. The summed E-state index contributed by atoms with van der Waals surface area (Å²) in [5.41, 5.74) is -0.868. The van der Waals surface area contributed by atoms with E-state index in [0.717, 1.165) is 19.3 Å². The summed E-state index contributed by atoms with van der Waals surface area (Å²) in [4.78, 5) is 11.4. The minimum absolute atomic E-state index is 0.0446. The van der Waals surface area contributed by atoms with Crippen LogP contribution in [0.3, 0.4) is 0 Å². The highest BCUT2D eigenvalue weighted by atomic mass is 16.3. The number of aliphatic hydroxyl groups excluding tert-OH is 2. The Hall–Kier alpha value is -0.610. The zero-order valence-electron chi connectivity index (χ0n) is 7.92. The van der Waals surface area contributed by atoms with Crippen molar-refractivity contribution in [1.82, 2.24) is 5.32 Å². The molecule has 1 fully saturated rings. The highest BCUT2D eigenvalue weighted by molar-refractivity contribution is 5.80. The SMILES string of the molecule is CC(CO)(CO)NC(=O)C1CCC1. The minimum Gasteiger partial charge on any atom is -0.394 e. The molecular formula is C9H17NO3. The van der Waals surface area contributed by atoms with Gasteiger partial charge in [-0.2, -0.15) is 0 Å². The molecule has 0 heterocycles. The van der Waals surface area contributed by atoms with Crippen LogP contribution in [0.4, 0.5) is 0 Å². The molecule has 0 aromatic heterocycles. The minimum atomic E-state index is -0.868. The normalized spacial score (nSPS) is 18.1. The molecule has 0 bridgehead atoms. The molecule has 1 saturated carbocycles. The van der Waals surface area contributed by atoms with Crippen LogP contribution in [0.1, 0.15) is 26.2 Å². The highest BCUT2D eigenvalue weighted by Crippen LogP contribution is 2.26. The van der Waals surface area contributed by atoms with E-state index in [1.807, 2.05) is 0 Å². The van der Waals surface area contributed by atoms with Gasteiger partial charge in [0.25, 0.3) is 0 Å². The second-order valence-corrected chi connectivity index (χ2v) is 3.99. The summed E-state index contributed by atoms with van der Waals surface area (Å²) in [6.07, 6.45) is 2.96. The summed E-state index contributed by atoms with van der Waals surface area (Å²) in [5, 5.41) is 20.5. The van der Waals surface area contributed by atoms with Gasteiger partial charge in [0.2, 0.25) is 5.91 Å². The van der Waals surface area contributed by atoms with Crippen molar-refractivity contribution in [3.63, 3.8) is 0 Å². The van der Waals surface area contributed by atoms with Crippen LogP contribution in [0.25, 0.3) is 0 Å². The van der Waals surface area contributed by atoms with Gasteiger partial charge in [-0.15, -0.1) is 0 Å². The molecule has 1 rings (SSSR count). The molecule has 0 unspecified atom stereocenters. The average molecular weight is 187 g/mol. The summed E-state index contributed by atoms with van der Waals surface area (Å²) in [5.74, 6) is 0.0503. The molecule has 13 heavy (non-hydrogen) atoms. The van der Waals surface area contributed by atoms with Crippen LogP contribution in [0.5, 0.6) is 0 Å². The number of hydrogen-bond acceptors (Lipinski definition) is 3. The first-order valence-electron chi connectivity index (χ1n) is 4.65. The lowest BCUT2D eigenvalue weighted by atomic mass is 9.84. The molecule has 0 atom stereocenters. The van der Waals surface area contributed by atoms with Crippen molar-refractivity contribution in [2.24, 2.45) is 5.92 Å². The molecule has 0 saturated heterocycles. The first-order chi connectivity index (χ1) is 6.11. The Morgan fingerprint density at radius 2 is 2.00 bits per heavy atom. The molecule has 1 aliphatic carbocycles. The quantitative estimate of drug-likeness (QED) is 0.563. The maximum absolute atomic E-state index is 11.4. The number of carbonyl (C=O) groups excluding carboxylic acids is 1. The number of aliphatic hydroxyl groups is 2. The molecule has 0 spiro atoms. The number of carbonyl (C=O) groups is 1. The summed E-state index contributed by atoms with van der Waals surface area (Å²) in [6, 6.07) is 0. The summed E-state index contributed by atoms with van der Waals surface area (Å²) >= 11 is 0. The third-order valence-corrected chi connectivity index (χ3v) is 2.60. The van der Waals surface area contributed by atoms with E-state index in [-0.39, 0.29) is 25.0 Å². The average Bonchev–Trinajstić information content (AvgIpc) is 2.01. The number of hydrogen-bond donors (Lipinski definition) is 3. The van der Waals surface area contributed by atoms with Crippen LogP contribution < -0.4 is 5.32 Å². The van der Waals surface area contributed by atoms with Gasteiger partial charge < -0.3 is 15.5 Å². The van der Waals surface area contributed by atoms with Crippen LogP contribution >= 0.6 is 0 Å². The van der Waals surface area contributed by atoms with Crippen LogP contribution in [-0.2, 0) is 4.79 Å². The standard InChI is InChI=1S/C9H17NO3/c1-9(5-11,6-12)10-8(13)7-3-2-4-7/h7,11-12H,2-6H2,1H3,(H,10,13). The fourth-order valence-electron chi connectivity index (χ4n) is 1.20. The van der Waals surface area contributed by atoms with Gasteiger partial charge in [-0.25, -0.2) is 0 Å². The van der Waals surface area contributed by atoms with E-state index in [0.29, 0.717) is 0 Å². The largest absolute Gasteiger partial charge is 0.394 e. The van der Waals surface area contributed by atoms with Crippen LogP contribution in [0, 0.1) is 5.92 Å². The van der Waals surface area contributed by atoms with Gasteiger partial charge in [-0.1, -0.05) is 6.42 Å². The van der Waals surface area contributed by atoms with Crippen molar-refractivity contribution >= 4 is 5.91 Å². The Labute approximate surface area is 78.0 Å². The second-order valence-electron chi connectivity index (χ2n) is 3.99. The number of nitrogens with one attached hydrogen (secondary N) is 1. The lowest BCUT2D eigenvalue weighted by molar-refractivity contribution is -0.130. The van der Waals surface area contributed by atoms with Gasteiger partial charge in [-0.05, 0) is 19.8 Å². The molecule has 1 aliphatic rings. The first-order valence-corrected chi connectivity index (χ1v) is 4.65. The first kappa shape index (κ1) is 10.5. The van der Waals surface area contributed by atoms with Crippen LogP contribution in [0.15, 0.2) is 0 Å². The van der Waals surface area contributed by atoms with Gasteiger partial charge >= 0.3 is 0 Å². The zero-order valence-corrected chi connectivity index (χ0v) is 7.92. The van der Waals surface area contributed by atoms with Crippen molar-refractivity contribution in [2.75, 3.05) is 13.2 Å². The second kappa shape index (κ2) is 4.07. The maximum Gasteiger partial charge on any atom is 0.223 e. The van der Waals surface area contributed by atoms with Crippen molar-refractivity contribution in [3.8, 4) is 0 Å². The number of amides is 1. The molecule has 0 aromatic rings. The Morgan fingerprint density at radius 1 is 1.46 bits per heavy atom. The van der Waals surface area contributed by atoms with Crippen molar-refractivity contribution in [1.29, 1.82) is 0 Å². The van der Waals surface area contributed by atoms with E-state index >= 15 is 0 Å². The van der Waals surface area contributed by atoms with E-state index in [4.69, 9.17) is 10.2 Å². The Kier molecular flexibility index (Phi) is 3.27. The lowest BCUT2D eigenvalue weighted by Crippen LogP contribution is -2.54. The van der Waals surface area contributed by atoms with E-state index < -0.39 is 5.54 Å². The predicted molar refractivity (Wildman–Crippen MR) is 48.1 cm³/mol. The van der Waals surface area contributed by atoms with E-state index in [1.165, 1.54) is 0 Å². The van der Waals surface area contributed by atoms with Gasteiger partial charge in [0.1, 0.15) is 0 Å². The van der Waals surface area contributed by atoms with E-state index in [1.54, 1.807) is 6.92 Å². The third-order valence-electron chi connectivity index (χ3n) is 2.60. The highest BCUT2D eigenvalue weighted by Gasteiger charge is 2.31. The molecular weight excluding hydrogens is 170 g/mol. The van der Waals surface area contributed by atoms with Gasteiger partial charge in [0.15, 0.2) is 0 Å². The topological polar surface area (TPSA) is 69.6 Å². The Bertz CT molecular complexity index is 185. The third kappa shape index (κ3) is 2.42. The molecule has 4 nitrogen and oxygen atoms in total. The van der Waals surface area contributed by atoms with Crippen LogP contribution in [-0.4, -0.2) is 34.9 Å². The lowest BCUT2D eigenvalue weighted by Gasteiger charge is -2.31. The van der Waals surface area contributed by atoms with Crippen molar-refractivity contribution in [2.45, 2.75) is 31.7 Å². The fourth-order valence-corrected chi connectivity index (χ4v) is 1.20. The van der Waals surface area contributed by atoms with Crippen LogP contribution in [0.2, 0.25) is 0 Å². The summed E-state index contributed by atoms with van der Waals surface area (Å²) in [7, 11) is 0. The van der Waals surface area contributed by atoms with Gasteiger partial charge in [0, 0.05) is 5.92 Å². The molecule has 0 aromatic carbocycles. The molecule has 0 radical (unpaired) electrons. The van der Waals surface area contributed by atoms with Crippen molar-refractivity contribution in [3.05, 3.63) is 0 Å². The monoisotopic (exact) mass is 187 g/mol. The smallest absolute Gasteiger partial charge is 0.223 e. The number of rotatable bonds is 4. The maximum atomic E-state index is 11.4. The van der Waals surface area contributed by atoms with Gasteiger partial charge in [0.05, 0.1) is 18.8 Å². The molecule has 3 N–H and O–H groups in total. The molecule has 1 amide bonds. The van der Waals surface area contributed by atoms with Gasteiger partial charge in [-0.3, -0.25) is 4.79 Å². The molecule has 0 aliphatic heterocycles. The molecule has 4 heteroatoms. The Balaban J connectivity index is 2.40.